The molecule has 0 saturated heterocycles. The van der Waals surface area contributed by atoms with Crippen LogP contribution in [0, 0.1) is 13.8 Å². The summed E-state index contributed by atoms with van der Waals surface area (Å²) in [5.74, 6) is 0.745. The fourth-order valence-corrected chi connectivity index (χ4v) is 1.45. The van der Waals surface area contributed by atoms with Gasteiger partial charge in [-0.3, -0.25) is 0 Å². The Balaban J connectivity index is 2.31. The number of benzene rings is 1. The van der Waals surface area contributed by atoms with Crippen molar-refractivity contribution in [3.8, 4) is 11.8 Å². The van der Waals surface area contributed by atoms with Crippen molar-refractivity contribution in [3.63, 3.8) is 0 Å². The van der Waals surface area contributed by atoms with Gasteiger partial charge in [0.2, 0.25) is 11.9 Å². The van der Waals surface area contributed by atoms with Gasteiger partial charge in [0, 0.05) is 0 Å². The second kappa shape index (κ2) is 4.25. The van der Waals surface area contributed by atoms with Crippen LogP contribution < -0.4 is 16.2 Å². The average molecular weight is 231 g/mol. The predicted molar refractivity (Wildman–Crippen MR) is 64.6 cm³/mol. The van der Waals surface area contributed by atoms with Crippen LogP contribution >= 0.6 is 0 Å². The van der Waals surface area contributed by atoms with Gasteiger partial charge in [-0.25, -0.2) is 0 Å². The number of nitrogens with zero attached hydrogens (tertiary/aromatic N) is 3. The van der Waals surface area contributed by atoms with Crippen LogP contribution in [0.1, 0.15) is 11.1 Å². The highest BCUT2D eigenvalue weighted by Crippen LogP contribution is 2.23. The molecule has 2 aromatic rings. The summed E-state index contributed by atoms with van der Waals surface area (Å²) < 4.78 is 5.50. The van der Waals surface area contributed by atoms with Crippen LogP contribution in [0.15, 0.2) is 18.2 Å². The molecule has 0 amide bonds. The Bertz CT molecular complexity index is 535. The second-order valence-electron chi connectivity index (χ2n) is 3.71. The van der Waals surface area contributed by atoms with E-state index in [1.807, 2.05) is 32.0 Å². The molecular formula is C11H13N5O. The Morgan fingerprint density at radius 2 is 1.65 bits per heavy atom. The third kappa shape index (κ3) is 2.60. The molecule has 0 aliphatic carbocycles. The fourth-order valence-electron chi connectivity index (χ4n) is 1.45. The van der Waals surface area contributed by atoms with Crippen LogP contribution in [-0.4, -0.2) is 15.0 Å². The van der Waals surface area contributed by atoms with Crippen molar-refractivity contribution in [1.82, 2.24) is 15.0 Å². The number of aryl methyl sites for hydroxylation is 2. The van der Waals surface area contributed by atoms with Crippen LogP contribution in [-0.2, 0) is 0 Å². The molecule has 1 heterocycles. The Kier molecular flexibility index (Phi) is 2.78. The van der Waals surface area contributed by atoms with Gasteiger partial charge >= 0.3 is 6.01 Å². The number of rotatable bonds is 2. The van der Waals surface area contributed by atoms with E-state index >= 15 is 0 Å². The summed E-state index contributed by atoms with van der Waals surface area (Å²) in [5, 5.41) is 0. The van der Waals surface area contributed by atoms with E-state index in [2.05, 4.69) is 15.0 Å². The van der Waals surface area contributed by atoms with Gasteiger partial charge in [-0.1, -0.05) is 17.7 Å². The van der Waals surface area contributed by atoms with Gasteiger partial charge in [-0.15, -0.1) is 0 Å². The molecule has 0 unspecified atom stereocenters. The molecule has 0 spiro atoms. The first-order valence-electron chi connectivity index (χ1n) is 5.07. The minimum absolute atomic E-state index is 0.0391. The summed E-state index contributed by atoms with van der Waals surface area (Å²) in [5.41, 5.74) is 13.1. The van der Waals surface area contributed by atoms with Gasteiger partial charge in [0.05, 0.1) is 0 Å². The second-order valence-corrected chi connectivity index (χ2v) is 3.71. The van der Waals surface area contributed by atoms with E-state index in [1.165, 1.54) is 0 Å². The van der Waals surface area contributed by atoms with E-state index in [0.29, 0.717) is 5.75 Å². The summed E-state index contributed by atoms with van der Waals surface area (Å²) in [6, 6.07) is 5.89. The molecule has 0 aliphatic rings. The number of anilines is 2. The van der Waals surface area contributed by atoms with E-state index < -0.39 is 0 Å². The lowest BCUT2D eigenvalue weighted by molar-refractivity contribution is 0.438. The van der Waals surface area contributed by atoms with Crippen LogP contribution in [0.2, 0.25) is 0 Å². The molecule has 0 fully saturated rings. The topological polar surface area (TPSA) is 99.9 Å². The van der Waals surface area contributed by atoms with E-state index in [9.17, 15) is 0 Å². The van der Waals surface area contributed by atoms with Crippen LogP contribution in [0.3, 0.4) is 0 Å². The van der Waals surface area contributed by atoms with Crippen LogP contribution in [0.4, 0.5) is 11.9 Å². The van der Waals surface area contributed by atoms with Crippen molar-refractivity contribution in [3.05, 3.63) is 29.3 Å². The van der Waals surface area contributed by atoms with Crippen molar-refractivity contribution in [2.75, 3.05) is 11.5 Å². The quantitative estimate of drug-likeness (QED) is 0.811. The molecule has 0 bridgehead atoms. The number of hydrogen-bond donors (Lipinski definition) is 2. The minimum Gasteiger partial charge on any atom is -0.424 e. The Labute approximate surface area is 98.7 Å². The zero-order valence-corrected chi connectivity index (χ0v) is 9.64. The lowest BCUT2D eigenvalue weighted by Gasteiger charge is -2.07. The summed E-state index contributed by atoms with van der Waals surface area (Å²) in [7, 11) is 0. The van der Waals surface area contributed by atoms with E-state index in [1.54, 1.807) is 0 Å². The number of ether oxygens (including phenoxy) is 1. The largest absolute Gasteiger partial charge is 0.424 e. The van der Waals surface area contributed by atoms with Crippen molar-refractivity contribution >= 4 is 11.9 Å². The molecular weight excluding hydrogens is 218 g/mol. The zero-order chi connectivity index (χ0) is 12.4. The van der Waals surface area contributed by atoms with Gasteiger partial charge in [0.1, 0.15) is 5.75 Å². The fraction of sp³-hybridized carbons (Fsp3) is 0.182. The number of aromatic nitrogens is 3. The van der Waals surface area contributed by atoms with Crippen molar-refractivity contribution < 1.29 is 4.74 Å². The van der Waals surface area contributed by atoms with Gasteiger partial charge in [0.15, 0.2) is 0 Å². The normalized spacial score (nSPS) is 10.2. The summed E-state index contributed by atoms with van der Waals surface area (Å²) in [4.78, 5) is 11.4. The van der Waals surface area contributed by atoms with Gasteiger partial charge in [0.25, 0.3) is 0 Å². The molecule has 4 N–H and O–H groups in total. The Morgan fingerprint density at radius 3 is 2.24 bits per heavy atom. The first-order valence-corrected chi connectivity index (χ1v) is 5.07. The number of nitrogens with two attached hydrogens (primary N) is 2. The van der Waals surface area contributed by atoms with Gasteiger partial charge < -0.3 is 16.2 Å². The third-order valence-electron chi connectivity index (χ3n) is 2.18. The molecule has 6 heteroatoms. The Morgan fingerprint density at radius 1 is 1.00 bits per heavy atom. The first-order chi connectivity index (χ1) is 8.04. The molecule has 2 rings (SSSR count). The average Bonchev–Trinajstić information content (AvgIpc) is 2.21. The summed E-state index contributed by atoms with van der Waals surface area (Å²) in [6.07, 6.45) is 0. The minimum atomic E-state index is 0.0391. The first kappa shape index (κ1) is 11.1. The lowest BCUT2D eigenvalue weighted by Crippen LogP contribution is -2.04. The highest BCUT2D eigenvalue weighted by molar-refractivity contribution is 5.38. The van der Waals surface area contributed by atoms with Crippen LogP contribution in [0.5, 0.6) is 11.8 Å². The molecule has 6 nitrogen and oxygen atoms in total. The molecule has 0 atom stereocenters. The molecule has 1 aromatic heterocycles. The van der Waals surface area contributed by atoms with E-state index in [0.717, 1.165) is 11.1 Å². The highest BCUT2D eigenvalue weighted by Gasteiger charge is 2.06. The zero-order valence-electron chi connectivity index (χ0n) is 9.64. The van der Waals surface area contributed by atoms with Gasteiger partial charge in [-0.2, -0.15) is 15.0 Å². The molecule has 1 aromatic carbocycles. The van der Waals surface area contributed by atoms with Gasteiger partial charge in [-0.05, 0) is 25.5 Å². The highest BCUT2D eigenvalue weighted by atomic mass is 16.5. The molecule has 17 heavy (non-hydrogen) atoms. The maximum absolute atomic E-state index is 5.50. The maximum atomic E-state index is 5.50. The maximum Gasteiger partial charge on any atom is 0.328 e. The predicted octanol–water partition coefficient (Wildman–Crippen LogP) is 1.45. The SMILES string of the molecule is Cc1ccc(Oc2nc(N)nc(N)n2)c(C)c1. The standard InChI is InChI=1S/C11H13N5O/c1-6-3-4-8(7(2)5-6)17-11-15-9(12)14-10(13)16-11/h3-5H,1-2H3,(H4,12,13,14,15,16). The number of hydrogen-bond acceptors (Lipinski definition) is 6. The Hall–Kier alpha value is -2.37. The lowest BCUT2D eigenvalue weighted by atomic mass is 10.1. The number of nitrogen functional groups attached to an aromatic ring is 2. The molecule has 0 radical (unpaired) electrons. The summed E-state index contributed by atoms with van der Waals surface area (Å²) in [6.45, 7) is 3.95. The monoisotopic (exact) mass is 231 g/mol. The smallest absolute Gasteiger partial charge is 0.328 e. The van der Waals surface area contributed by atoms with E-state index in [-0.39, 0.29) is 17.9 Å². The molecule has 0 saturated carbocycles. The van der Waals surface area contributed by atoms with Crippen molar-refractivity contribution in [2.45, 2.75) is 13.8 Å². The summed E-state index contributed by atoms with van der Waals surface area (Å²) >= 11 is 0. The third-order valence-corrected chi connectivity index (χ3v) is 2.18. The van der Waals surface area contributed by atoms with Crippen molar-refractivity contribution in [2.24, 2.45) is 0 Å². The molecule has 88 valence electrons. The van der Waals surface area contributed by atoms with E-state index in [4.69, 9.17) is 16.2 Å². The van der Waals surface area contributed by atoms with Crippen molar-refractivity contribution in [1.29, 1.82) is 0 Å². The van der Waals surface area contributed by atoms with Crippen LogP contribution in [0.25, 0.3) is 0 Å². The molecule has 0 aliphatic heterocycles.